The average Bonchev–Trinajstić information content (AvgIpc) is 2.91. The highest BCUT2D eigenvalue weighted by molar-refractivity contribution is 5.34. The third-order valence-electron chi connectivity index (χ3n) is 3.65. The number of hydrazine groups is 1. The van der Waals surface area contributed by atoms with E-state index in [0.29, 0.717) is 0 Å². The molecule has 2 aromatic rings. The molecule has 102 valence electrons. The van der Waals surface area contributed by atoms with Gasteiger partial charge in [-0.15, -0.1) is 0 Å². The largest absolute Gasteiger partial charge is 0.469 e. The molecular formula is C16H22N2O. The zero-order chi connectivity index (χ0) is 13.7. The van der Waals surface area contributed by atoms with Crippen molar-refractivity contribution < 1.29 is 4.42 Å². The summed E-state index contributed by atoms with van der Waals surface area (Å²) in [6.45, 7) is 4.31. The van der Waals surface area contributed by atoms with E-state index in [1.54, 1.807) is 6.26 Å². The van der Waals surface area contributed by atoms with Crippen LogP contribution < -0.4 is 11.3 Å². The summed E-state index contributed by atoms with van der Waals surface area (Å²) in [6, 6.07) is 10.6. The van der Waals surface area contributed by atoms with Gasteiger partial charge < -0.3 is 4.42 Å². The van der Waals surface area contributed by atoms with Crippen LogP contribution in [0.4, 0.5) is 0 Å². The Kier molecular flexibility index (Phi) is 4.77. The van der Waals surface area contributed by atoms with Crippen LogP contribution in [0.3, 0.4) is 0 Å². The summed E-state index contributed by atoms with van der Waals surface area (Å²) in [5, 5.41) is 0. The van der Waals surface area contributed by atoms with Crippen molar-refractivity contribution in [3.63, 3.8) is 0 Å². The normalized spacial score (nSPS) is 12.6. The lowest BCUT2D eigenvalue weighted by Gasteiger charge is -2.18. The zero-order valence-corrected chi connectivity index (χ0v) is 11.6. The molecule has 2 rings (SSSR count). The number of benzene rings is 1. The van der Waals surface area contributed by atoms with Crippen molar-refractivity contribution in [3.8, 4) is 0 Å². The molecule has 1 heterocycles. The highest BCUT2D eigenvalue weighted by Crippen LogP contribution is 2.17. The number of aryl methyl sites for hydroxylation is 3. The standard InChI is InChI=1S/C16H22N2O/c1-12-5-3-6-13(2)16(12)11-14(18-17)8-9-15-7-4-10-19-15/h3-7,10,14,18H,8-9,11,17H2,1-2H3. The van der Waals surface area contributed by atoms with Crippen LogP contribution in [0.1, 0.15) is 28.9 Å². The lowest BCUT2D eigenvalue weighted by Crippen LogP contribution is -2.37. The SMILES string of the molecule is Cc1cccc(C)c1CC(CCc1ccco1)NN. The Morgan fingerprint density at radius 1 is 1.16 bits per heavy atom. The summed E-state index contributed by atoms with van der Waals surface area (Å²) in [6.07, 6.45) is 4.55. The number of furan rings is 1. The number of hydrogen-bond acceptors (Lipinski definition) is 3. The van der Waals surface area contributed by atoms with E-state index in [4.69, 9.17) is 10.3 Å². The molecule has 19 heavy (non-hydrogen) atoms. The van der Waals surface area contributed by atoms with Crippen molar-refractivity contribution in [2.75, 3.05) is 0 Å². The van der Waals surface area contributed by atoms with Crippen LogP contribution in [0.5, 0.6) is 0 Å². The Hall–Kier alpha value is -1.58. The molecule has 0 fully saturated rings. The Labute approximate surface area is 114 Å². The molecule has 0 saturated heterocycles. The van der Waals surface area contributed by atoms with E-state index < -0.39 is 0 Å². The molecule has 0 radical (unpaired) electrons. The minimum Gasteiger partial charge on any atom is -0.469 e. The quantitative estimate of drug-likeness (QED) is 0.619. The van der Waals surface area contributed by atoms with E-state index in [2.05, 4.69) is 37.5 Å². The van der Waals surface area contributed by atoms with Gasteiger partial charge in [0.2, 0.25) is 0 Å². The first-order valence-electron chi connectivity index (χ1n) is 6.74. The number of nitrogens with one attached hydrogen (secondary N) is 1. The Balaban J connectivity index is 1.98. The van der Waals surface area contributed by atoms with E-state index in [9.17, 15) is 0 Å². The molecule has 1 unspecified atom stereocenters. The third-order valence-corrected chi connectivity index (χ3v) is 3.65. The van der Waals surface area contributed by atoms with Gasteiger partial charge in [0.25, 0.3) is 0 Å². The first-order valence-corrected chi connectivity index (χ1v) is 6.74. The number of nitrogens with two attached hydrogens (primary N) is 1. The molecule has 3 N–H and O–H groups in total. The van der Waals surface area contributed by atoms with Gasteiger partial charge in [-0.05, 0) is 55.5 Å². The van der Waals surface area contributed by atoms with Crippen LogP contribution in [-0.2, 0) is 12.8 Å². The fourth-order valence-electron chi connectivity index (χ4n) is 2.43. The van der Waals surface area contributed by atoms with E-state index in [1.807, 2.05) is 12.1 Å². The molecule has 1 aromatic heterocycles. The third kappa shape index (κ3) is 3.69. The average molecular weight is 258 g/mol. The lowest BCUT2D eigenvalue weighted by molar-refractivity contribution is 0.447. The van der Waals surface area contributed by atoms with Gasteiger partial charge in [-0.1, -0.05) is 18.2 Å². The van der Waals surface area contributed by atoms with Crippen LogP contribution in [0.2, 0.25) is 0 Å². The van der Waals surface area contributed by atoms with Crippen LogP contribution in [0.25, 0.3) is 0 Å². The van der Waals surface area contributed by atoms with E-state index >= 15 is 0 Å². The topological polar surface area (TPSA) is 51.2 Å². The first-order chi connectivity index (χ1) is 9.20. The maximum absolute atomic E-state index is 5.68. The minimum absolute atomic E-state index is 0.268. The van der Waals surface area contributed by atoms with Gasteiger partial charge in [0.05, 0.1) is 6.26 Å². The molecule has 0 amide bonds. The van der Waals surface area contributed by atoms with Crippen molar-refractivity contribution >= 4 is 0 Å². The van der Waals surface area contributed by atoms with Crippen molar-refractivity contribution in [1.82, 2.24) is 5.43 Å². The molecular weight excluding hydrogens is 236 g/mol. The maximum atomic E-state index is 5.68. The van der Waals surface area contributed by atoms with Crippen LogP contribution in [0, 0.1) is 13.8 Å². The Bertz CT molecular complexity index is 485. The van der Waals surface area contributed by atoms with Crippen LogP contribution >= 0.6 is 0 Å². The molecule has 3 nitrogen and oxygen atoms in total. The first kappa shape index (κ1) is 13.8. The molecule has 0 saturated carbocycles. The zero-order valence-electron chi connectivity index (χ0n) is 11.6. The van der Waals surface area contributed by atoms with Gasteiger partial charge in [-0.2, -0.15) is 0 Å². The predicted octanol–water partition coefficient (Wildman–Crippen LogP) is 2.90. The number of hydrogen-bond donors (Lipinski definition) is 2. The molecule has 0 aliphatic rings. The lowest BCUT2D eigenvalue weighted by atomic mass is 9.94. The van der Waals surface area contributed by atoms with Gasteiger partial charge in [-0.25, -0.2) is 0 Å². The molecule has 0 aliphatic heterocycles. The van der Waals surface area contributed by atoms with Gasteiger partial charge in [0.1, 0.15) is 5.76 Å². The van der Waals surface area contributed by atoms with Gasteiger partial charge in [0.15, 0.2) is 0 Å². The second kappa shape index (κ2) is 6.55. The molecule has 0 spiro atoms. The van der Waals surface area contributed by atoms with Gasteiger partial charge in [0, 0.05) is 12.5 Å². The maximum Gasteiger partial charge on any atom is 0.103 e. The molecule has 0 aliphatic carbocycles. The summed E-state index contributed by atoms with van der Waals surface area (Å²) in [5.74, 6) is 6.70. The second-order valence-corrected chi connectivity index (χ2v) is 5.06. The molecule has 1 aromatic carbocycles. The van der Waals surface area contributed by atoms with Crippen molar-refractivity contribution in [2.45, 2.75) is 39.2 Å². The van der Waals surface area contributed by atoms with Crippen LogP contribution in [0.15, 0.2) is 41.0 Å². The van der Waals surface area contributed by atoms with Gasteiger partial charge in [-0.3, -0.25) is 11.3 Å². The monoisotopic (exact) mass is 258 g/mol. The molecule has 1 atom stereocenters. The van der Waals surface area contributed by atoms with Crippen molar-refractivity contribution in [2.24, 2.45) is 5.84 Å². The van der Waals surface area contributed by atoms with E-state index in [-0.39, 0.29) is 6.04 Å². The summed E-state index contributed by atoms with van der Waals surface area (Å²) in [7, 11) is 0. The van der Waals surface area contributed by atoms with E-state index in [0.717, 1.165) is 25.0 Å². The number of rotatable bonds is 6. The summed E-state index contributed by atoms with van der Waals surface area (Å²) < 4.78 is 5.36. The summed E-state index contributed by atoms with van der Waals surface area (Å²) >= 11 is 0. The van der Waals surface area contributed by atoms with Gasteiger partial charge >= 0.3 is 0 Å². The second-order valence-electron chi connectivity index (χ2n) is 5.06. The smallest absolute Gasteiger partial charge is 0.103 e. The predicted molar refractivity (Wildman–Crippen MR) is 77.8 cm³/mol. The molecule has 3 heteroatoms. The Morgan fingerprint density at radius 3 is 2.47 bits per heavy atom. The van der Waals surface area contributed by atoms with Crippen molar-refractivity contribution in [1.29, 1.82) is 0 Å². The highest BCUT2D eigenvalue weighted by atomic mass is 16.3. The fourth-order valence-corrected chi connectivity index (χ4v) is 2.43. The molecule has 0 bridgehead atoms. The summed E-state index contributed by atoms with van der Waals surface area (Å²) in [5.41, 5.74) is 6.98. The summed E-state index contributed by atoms with van der Waals surface area (Å²) in [4.78, 5) is 0. The van der Waals surface area contributed by atoms with Crippen LogP contribution in [-0.4, -0.2) is 6.04 Å². The fraction of sp³-hybridized carbons (Fsp3) is 0.375. The Morgan fingerprint density at radius 2 is 1.89 bits per heavy atom. The highest BCUT2D eigenvalue weighted by Gasteiger charge is 2.12. The minimum atomic E-state index is 0.268. The van der Waals surface area contributed by atoms with Crippen molar-refractivity contribution in [3.05, 3.63) is 59.0 Å². The van der Waals surface area contributed by atoms with E-state index in [1.165, 1.54) is 16.7 Å².